The van der Waals surface area contributed by atoms with E-state index in [1.807, 2.05) is 0 Å². The maximum atomic E-state index is 13.1. The lowest BCUT2D eigenvalue weighted by atomic mass is 9.86. The Labute approximate surface area is 183 Å². The molecule has 2 atom stereocenters. The van der Waals surface area contributed by atoms with E-state index in [-0.39, 0.29) is 22.4 Å². The summed E-state index contributed by atoms with van der Waals surface area (Å²) in [6.45, 7) is 1.64. The number of anilines is 1. The Morgan fingerprint density at radius 1 is 1.03 bits per heavy atom. The van der Waals surface area contributed by atoms with Crippen LogP contribution < -0.4 is 9.62 Å². The van der Waals surface area contributed by atoms with Crippen molar-refractivity contribution in [1.82, 2.24) is 5.32 Å². The fraction of sp³-hybridized carbons (Fsp3) is 0.391. The highest BCUT2D eigenvalue weighted by Crippen LogP contribution is 2.25. The molecule has 1 fully saturated rings. The number of para-hydroxylation sites is 1. The van der Waals surface area contributed by atoms with Gasteiger partial charge in [-0.25, -0.2) is 13.2 Å². The fourth-order valence-corrected chi connectivity index (χ4v) is 5.15. The number of amides is 1. The number of benzene rings is 2. The van der Waals surface area contributed by atoms with Crippen LogP contribution in [0.15, 0.2) is 59.5 Å². The van der Waals surface area contributed by atoms with Gasteiger partial charge in [0.15, 0.2) is 6.61 Å². The minimum atomic E-state index is -4.00. The summed E-state index contributed by atoms with van der Waals surface area (Å²) in [5, 5.41) is 2.92. The average Bonchev–Trinajstić information content (AvgIpc) is 2.79. The first-order valence-corrected chi connectivity index (χ1v) is 11.8. The maximum absolute atomic E-state index is 13.1. The Morgan fingerprint density at radius 3 is 2.39 bits per heavy atom. The van der Waals surface area contributed by atoms with Gasteiger partial charge in [0.05, 0.1) is 11.3 Å². The summed E-state index contributed by atoms with van der Waals surface area (Å²) in [5.41, 5.74) is 0.357. The van der Waals surface area contributed by atoms with Gasteiger partial charge in [-0.1, -0.05) is 50.1 Å². The molecule has 0 spiro atoms. The zero-order valence-corrected chi connectivity index (χ0v) is 18.6. The van der Waals surface area contributed by atoms with Gasteiger partial charge in [0, 0.05) is 13.1 Å². The molecular formula is C23H28N2O5S. The van der Waals surface area contributed by atoms with Gasteiger partial charge >= 0.3 is 5.97 Å². The molecule has 1 N–H and O–H groups in total. The van der Waals surface area contributed by atoms with Crippen molar-refractivity contribution in [3.63, 3.8) is 0 Å². The molecule has 1 amide bonds. The second-order valence-electron chi connectivity index (χ2n) is 7.82. The van der Waals surface area contributed by atoms with Gasteiger partial charge < -0.3 is 10.1 Å². The zero-order valence-electron chi connectivity index (χ0n) is 17.8. The van der Waals surface area contributed by atoms with E-state index in [1.165, 1.54) is 19.2 Å². The van der Waals surface area contributed by atoms with Crippen LogP contribution >= 0.6 is 0 Å². The summed E-state index contributed by atoms with van der Waals surface area (Å²) in [7, 11) is -2.58. The average molecular weight is 445 g/mol. The van der Waals surface area contributed by atoms with E-state index in [1.54, 1.807) is 42.5 Å². The van der Waals surface area contributed by atoms with E-state index in [0.717, 1.165) is 30.0 Å². The highest BCUT2D eigenvalue weighted by Gasteiger charge is 2.28. The standard InChI is InChI=1S/C23H28N2O5S/c1-17-10-6-8-14-20(17)24-22(26)16-30-23(27)19-13-7-9-15-21(19)31(28,29)25(2)18-11-4-3-5-12-18/h3-5,7,9,11-13,15,17,20H,6,8,10,14,16H2,1-2H3,(H,24,26)/t17-,20+/m1/s1. The number of nitrogens with one attached hydrogen (secondary N) is 1. The van der Waals surface area contributed by atoms with Crippen LogP contribution in [0.4, 0.5) is 5.69 Å². The third-order valence-corrected chi connectivity index (χ3v) is 7.50. The lowest BCUT2D eigenvalue weighted by Gasteiger charge is -2.29. The molecule has 1 aliphatic rings. The van der Waals surface area contributed by atoms with Crippen molar-refractivity contribution in [2.45, 2.75) is 43.5 Å². The molecular weight excluding hydrogens is 416 g/mol. The van der Waals surface area contributed by atoms with Gasteiger partial charge in [-0.3, -0.25) is 9.10 Å². The van der Waals surface area contributed by atoms with Gasteiger partial charge in [0.1, 0.15) is 4.90 Å². The number of hydrogen-bond donors (Lipinski definition) is 1. The van der Waals surface area contributed by atoms with Crippen LogP contribution in [0.25, 0.3) is 0 Å². The molecule has 31 heavy (non-hydrogen) atoms. The van der Waals surface area contributed by atoms with Crippen molar-refractivity contribution in [3.05, 3.63) is 60.2 Å². The molecule has 1 saturated carbocycles. The summed E-state index contributed by atoms with van der Waals surface area (Å²) >= 11 is 0. The summed E-state index contributed by atoms with van der Waals surface area (Å²) in [6, 6.07) is 14.5. The molecule has 0 heterocycles. The van der Waals surface area contributed by atoms with Crippen LogP contribution in [0.5, 0.6) is 0 Å². The van der Waals surface area contributed by atoms with Crippen LogP contribution in [0.1, 0.15) is 43.0 Å². The second-order valence-corrected chi connectivity index (χ2v) is 9.75. The summed E-state index contributed by atoms with van der Waals surface area (Å²) in [4.78, 5) is 24.7. The monoisotopic (exact) mass is 444 g/mol. The van der Waals surface area contributed by atoms with Gasteiger partial charge in [-0.2, -0.15) is 0 Å². The van der Waals surface area contributed by atoms with Crippen molar-refractivity contribution in [2.24, 2.45) is 5.92 Å². The van der Waals surface area contributed by atoms with Crippen LogP contribution in [0, 0.1) is 5.92 Å². The number of carbonyl (C=O) groups is 2. The quantitative estimate of drug-likeness (QED) is 0.661. The van der Waals surface area contributed by atoms with Crippen molar-refractivity contribution in [3.8, 4) is 0 Å². The van der Waals surface area contributed by atoms with Gasteiger partial charge in [0.2, 0.25) is 0 Å². The fourth-order valence-electron chi connectivity index (χ4n) is 3.77. The van der Waals surface area contributed by atoms with E-state index in [4.69, 9.17) is 4.74 Å². The van der Waals surface area contributed by atoms with E-state index < -0.39 is 22.6 Å². The van der Waals surface area contributed by atoms with Crippen molar-refractivity contribution < 1.29 is 22.7 Å². The molecule has 7 nitrogen and oxygen atoms in total. The molecule has 0 bridgehead atoms. The molecule has 0 aliphatic heterocycles. The zero-order chi connectivity index (χ0) is 22.4. The summed E-state index contributed by atoms with van der Waals surface area (Å²) in [5.74, 6) is -0.853. The molecule has 2 aromatic rings. The molecule has 0 saturated heterocycles. The smallest absolute Gasteiger partial charge is 0.340 e. The maximum Gasteiger partial charge on any atom is 0.340 e. The normalized spacial score (nSPS) is 18.8. The molecule has 2 aromatic carbocycles. The first-order valence-electron chi connectivity index (χ1n) is 10.4. The Hall–Kier alpha value is -2.87. The highest BCUT2D eigenvalue weighted by atomic mass is 32.2. The third-order valence-electron chi connectivity index (χ3n) is 5.66. The molecule has 0 aromatic heterocycles. The lowest BCUT2D eigenvalue weighted by molar-refractivity contribution is -0.125. The van der Waals surface area contributed by atoms with Crippen LogP contribution in [0.3, 0.4) is 0 Å². The van der Waals surface area contributed by atoms with Crippen molar-refractivity contribution in [2.75, 3.05) is 18.0 Å². The molecule has 0 unspecified atom stereocenters. The SMILES string of the molecule is C[C@@H]1CCCC[C@@H]1NC(=O)COC(=O)c1ccccc1S(=O)(=O)N(C)c1ccccc1. The van der Waals surface area contributed by atoms with E-state index in [2.05, 4.69) is 12.2 Å². The van der Waals surface area contributed by atoms with Gasteiger partial charge in [-0.15, -0.1) is 0 Å². The van der Waals surface area contributed by atoms with E-state index in [0.29, 0.717) is 11.6 Å². The van der Waals surface area contributed by atoms with E-state index in [9.17, 15) is 18.0 Å². The number of rotatable bonds is 7. The largest absolute Gasteiger partial charge is 0.452 e. The van der Waals surface area contributed by atoms with E-state index >= 15 is 0 Å². The second kappa shape index (κ2) is 9.96. The van der Waals surface area contributed by atoms with Crippen LogP contribution in [0.2, 0.25) is 0 Å². The predicted molar refractivity (Wildman–Crippen MR) is 118 cm³/mol. The summed E-state index contributed by atoms with van der Waals surface area (Å²) < 4.78 is 32.5. The molecule has 8 heteroatoms. The number of nitrogens with zero attached hydrogens (tertiary/aromatic N) is 1. The Kier molecular flexibility index (Phi) is 7.33. The number of sulfonamides is 1. The van der Waals surface area contributed by atoms with Crippen molar-refractivity contribution in [1.29, 1.82) is 0 Å². The molecule has 166 valence electrons. The summed E-state index contributed by atoms with van der Waals surface area (Å²) in [6.07, 6.45) is 4.19. The highest BCUT2D eigenvalue weighted by molar-refractivity contribution is 7.92. The first kappa shape index (κ1) is 22.8. The van der Waals surface area contributed by atoms with Gasteiger partial charge in [0.25, 0.3) is 15.9 Å². The topological polar surface area (TPSA) is 92.8 Å². The minimum Gasteiger partial charge on any atom is -0.452 e. The number of carbonyl (C=O) groups excluding carboxylic acids is 2. The first-order chi connectivity index (χ1) is 14.8. The number of esters is 1. The third kappa shape index (κ3) is 5.44. The Balaban J connectivity index is 1.70. The van der Waals surface area contributed by atoms with Crippen molar-refractivity contribution >= 4 is 27.6 Å². The Morgan fingerprint density at radius 2 is 1.68 bits per heavy atom. The molecule has 1 aliphatic carbocycles. The predicted octanol–water partition coefficient (Wildman–Crippen LogP) is 3.36. The van der Waals surface area contributed by atoms with Gasteiger partial charge in [-0.05, 0) is 43.0 Å². The van der Waals surface area contributed by atoms with Crippen LogP contribution in [-0.2, 0) is 19.6 Å². The van der Waals surface area contributed by atoms with Crippen LogP contribution in [-0.4, -0.2) is 40.0 Å². The minimum absolute atomic E-state index is 0.0761. The number of hydrogen-bond acceptors (Lipinski definition) is 5. The number of ether oxygens (including phenoxy) is 1. The Bertz CT molecular complexity index is 1020. The molecule has 0 radical (unpaired) electrons. The lowest BCUT2D eigenvalue weighted by Crippen LogP contribution is -2.43. The molecule has 3 rings (SSSR count).